The second kappa shape index (κ2) is 21.7. The maximum absolute atomic E-state index is 13.3. The van der Waals surface area contributed by atoms with Gasteiger partial charge in [0.1, 0.15) is 23.8 Å². The van der Waals surface area contributed by atoms with E-state index in [0.717, 1.165) is 68.7 Å². The number of unbranched alkanes of at least 4 members (excludes halogenated alkanes) is 2. The minimum absolute atomic E-state index is 0.0359. The molecule has 67 heavy (non-hydrogen) atoms. The largest absolute Gasteiger partial charge is 0.393 e. The van der Waals surface area contributed by atoms with Crippen LogP contribution in [0.3, 0.4) is 0 Å². The third kappa shape index (κ3) is 10.9. The van der Waals surface area contributed by atoms with Gasteiger partial charge in [-0.15, -0.1) is 0 Å². The predicted molar refractivity (Wildman–Crippen MR) is 256 cm³/mol. The first-order valence-corrected chi connectivity index (χ1v) is 23.3. The van der Waals surface area contributed by atoms with Crippen LogP contribution in [0.1, 0.15) is 94.6 Å². The van der Waals surface area contributed by atoms with Crippen LogP contribution in [0.2, 0.25) is 0 Å². The Morgan fingerprint density at radius 1 is 0.851 bits per heavy atom. The van der Waals surface area contributed by atoms with Crippen LogP contribution in [0.25, 0.3) is 33.4 Å². The van der Waals surface area contributed by atoms with Crippen LogP contribution in [-0.2, 0) is 30.5 Å². The SMILES string of the molecule is Nc1ncnc2c1c(-c1ccccc1)c(-c1ccccc1)n2Cc1cccc(C#CCCCCC(=O)NCCNC2=CCCC3=C2C(=O)N(C2CCC(=O)NC2=O)C3=O)c1.OC1CCCCC1. The number of nitrogens with two attached hydrogens (primary N) is 1. The van der Waals surface area contributed by atoms with E-state index in [1.165, 1.54) is 25.6 Å². The highest BCUT2D eigenvalue weighted by Gasteiger charge is 2.47. The Hall–Kier alpha value is -7.37. The number of piperidine rings is 1. The molecule has 14 nitrogen and oxygen atoms in total. The summed E-state index contributed by atoms with van der Waals surface area (Å²) in [4.78, 5) is 73.2. The first-order chi connectivity index (χ1) is 32.7. The van der Waals surface area contributed by atoms with Crippen LogP contribution in [0.5, 0.6) is 0 Å². The van der Waals surface area contributed by atoms with E-state index in [9.17, 15) is 24.0 Å². The van der Waals surface area contributed by atoms with Gasteiger partial charge in [0.2, 0.25) is 17.7 Å². The highest BCUT2D eigenvalue weighted by atomic mass is 16.3. The van der Waals surface area contributed by atoms with Gasteiger partial charge < -0.3 is 26.0 Å². The van der Waals surface area contributed by atoms with Crippen LogP contribution in [0.4, 0.5) is 5.82 Å². The minimum atomic E-state index is -1.01. The number of benzene rings is 3. The van der Waals surface area contributed by atoms with Crippen molar-refractivity contribution in [2.24, 2.45) is 0 Å². The lowest BCUT2D eigenvalue weighted by Gasteiger charge is -2.28. The van der Waals surface area contributed by atoms with Crippen molar-refractivity contribution >= 4 is 46.4 Å². The highest BCUT2D eigenvalue weighted by molar-refractivity contribution is 6.23. The highest BCUT2D eigenvalue weighted by Crippen LogP contribution is 2.42. The molecule has 9 rings (SSSR count). The van der Waals surface area contributed by atoms with Gasteiger partial charge in [-0.1, -0.05) is 110 Å². The zero-order valence-corrected chi connectivity index (χ0v) is 37.6. The Morgan fingerprint density at radius 3 is 2.34 bits per heavy atom. The Kier molecular flexibility index (Phi) is 15.0. The number of anilines is 1. The molecular formula is C53H56N8O6. The number of nitrogen functional groups attached to an aromatic ring is 1. The molecule has 2 fully saturated rings. The summed E-state index contributed by atoms with van der Waals surface area (Å²) in [5.74, 6) is 4.84. The van der Waals surface area contributed by atoms with Crippen LogP contribution in [0, 0.1) is 11.8 Å². The maximum Gasteiger partial charge on any atom is 0.264 e. The first kappa shape index (κ1) is 46.2. The van der Waals surface area contributed by atoms with E-state index in [-0.39, 0.29) is 30.4 Å². The lowest BCUT2D eigenvalue weighted by atomic mass is 9.96. The zero-order chi connectivity index (χ0) is 46.7. The van der Waals surface area contributed by atoms with Gasteiger partial charge in [-0.3, -0.25) is 34.2 Å². The summed E-state index contributed by atoms with van der Waals surface area (Å²) in [6.07, 6.45) is 12.9. The molecule has 344 valence electrons. The van der Waals surface area contributed by atoms with E-state index in [0.29, 0.717) is 68.8 Å². The summed E-state index contributed by atoms with van der Waals surface area (Å²) < 4.78 is 2.21. The quantitative estimate of drug-likeness (QED) is 0.0495. The summed E-state index contributed by atoms with van der Waals surface area (Å²) in [6.45, 7) is 1.22. The maximum atomic E-state index is 13.3. The van der Waals surface area contributed by atoms with Crippen molar-refractivity contribution in [2.45, 2.75) is 102 Å². The van der Waals surface area contributed by atoms with Crippen LogP contribution in [0.15, 0.2) is 114 Å². The molecule has 5 aromatic rings. The van der Waals surface area contributed by atoms with Gasteiger partial charge in [0, 0.05) is 61.3 Å². The van der Waals surface area contributed by atoms with E-state index >= 15 is 0 Å². The number of nitrogens with zero attached hydrogens (tertiary/aromatic N) is 4. The molecule has 4 heterocycles. The van der Waals surface area contributed by atoms with Gasteiger partial charge in [0.15, 0.2) is 0 Å². The van der Waals surface area contributed by atoms with Crippen molar-refractivity contribution in [2.75, 3.05) is 18.8 Å². The fourth-order valence-corrected chi connectivity index (χ4v) is 9.23. The van der Waals surface area contributed by atoms with Gasteiger partial charge in [0.25, 0.3) is 11.8 Å². The van der Waals surface area contributed by atoms with Crippen molar-refractivity contribution in [3.05, 3.63) is 125 Å². The molecule has 14 heteroatoms. The van der Waals surface area contributed by atoms with Gasteiger partial charge in [-0.05, 0) is 73.8 Å². The van der Waals surface area contributed by atoms with Crippen molar-refractivity contribution < 1.29 is 29.1 Å². The van der Waals surface area contributed by atoms with E-state index < -0.39 is 29.7 Å². The average Bonchev–Trinajstić information content (AvgIpc) is 3.81. The second-order valence-electron chi connectivity index (χ2n) is 17.2. The molecule has 3 aromatic carbocycles. The number of nitrogens with one attached hydrogen (secondary N) is 3. The third-order valence-electron chi connectivity index (χ3n) is 12.5. The lowest BCUT2D eigenvalue weighted by Crippen LogP contribution is -2.54. The summed E-state index contributed by atoms with van der Waals surface area (Å²) >= 11 is 0. The van der Waals surface area contributed by atoms with Gasteiger partial charge >= 0.3 is 0 Å². The van der Waals surface area contributed by atoms with E-state index in [1.807, 2.05) is 54.6 Å². The topological polar surface area (TPSA) is 202 Å². The summed E-state index contributed by atoms with van der Waals surface area (Å²) in [5, 5.41) is 18.0. The number of aliphatic hydroxyl groups is 1. The number of hydrogen-bond acceptors (Lipinski definition) is 10. The Labute approximate surface area is 390 Å². The second-order valence-corrected chi connectivity index (χ2v) is 17.2. The number of aromatic nitrogens is 3. The molecule has 2 aliphatic carbocycles. The molecule has 2 aliphatic heterocycles. The molecule has 0 bridgehead atoms. The van der Waals surface area contributed by atoms with Crippen molar-refractivity contribution in [1.82, 2.24) is 35.4 Å². The molecule has 1 saturated heterocycles. The first-order valence-electron chi connectivity index (χ1n) is 23.3. The molecule has 1 atom stereocenters. The molecular weight excluding hydrogens is 845 g/mol. The zero-order valence-electron chi connectivity index (χ0n) is 37.6. The van der Waals surface area contributed by atoms with Gasteiger partial charge in [-0.25, -0.2) is 9.97 Å². The number of allylic oxidation sites excluding steroid dienone is 1. The minimum Gasteiger partial charge on any atom is -0.393 e. The number of rotatable bonds is 13. The molecule has 0 spiro atoms. The molecule has 5 amide bonds. The number of carbonyl (C=O) groups is 5. The van der Waals surface area contributed by atoms with Crippen molar-refractivity contribution in [3.8, 4) is 34.2 Å². The fraction of sp³-hybridized carbons (Fsp3) is 0.340. The molecule has 2 aromatic heterocycles. The smallest absolute Gasteiger partial charge is 0.264 e. The number of amides is 5. The van der Waals surface area contributed by atoms with Crippen molar-refractivity contribution in [3.63, 3.8) is 0 Å². The van der Waals surface area contributed by atoms with E-state index in [4.69, 9.17) is 15.8 Å². The number of hydrogen-bond donors (Lipinski definition) is 5. The summed E-state index contributed by atoms with van der Waals surface area (Å²) in [5.41, 5.74) is 14.5. The molecule has 1 saturated carbocycles. The summed E-state index contributed by atoms with van der Waals surface area (Å²) in [6, 6.07) is 27.6. The number of imide groups is 2. The van der Waals surface area contributed by atoms with E-state index in [2.05, 4.69) is 73.7 Å². The third-order valence-corrected chi connectivity index (χ3v) is 12.5. The summed E-state index contributed by atoms with van der Waals surface area (Å²) in [7, 11) is 0. The predicted octanol–water partition coefficient (Wildman–Crippen LogP) is 6.47. The fourth-order valence-electron chi connectivity index (χ4n) is 9.23. The Bertz CT molecular complexity index is 2780. The number of fused-ring (bicyclic) bond motifs is 1. The molecule has 6 N–H and O–H groups in total. The lowest BCUT2D eigenvalue weighted by molar-refractivity contribution is -0.150. The Morgan fingerprint density at radius 2 is 1.61 bits per heavy atom. The van der Waals surface area contributed by atoms with Crippen LogP contribution < -0.4 is 21.7 Å². The molecule has 4 aliphatic rings. The van der Waals surface area contributed by atoms with Crippen LogP contribution in [-0.4, -0.2) is 79.3 Å². The normalized spacial score (nSPS) is 17.2. The van der Waals surface area contributed by atoms with Crippen molar-refractivity contribution in [1.29, 1.82) is 0 Å². The Balaban J connectivity index is 0.000000797. The van der Waals surface area contributed by atoms with Crippen LogP contribution >= 0.6 is 0 Å². The molecule has 0 radical (unpaired) electrons. The number of aliphatic hydroxyl groups excluding tert-OH is 1. The van der Waals surface area contributed by atoms with Gasteiger partial charge in [-0.2, -0.15) is 0 Å². The monoisotopic (exact) mass is 900 g/mol. The number of carbonyl (C=O) groups excluding carboxylic acids is 5. The molecule has 1 unspecified atom stereocenters. The average molecular weight is 901 g/mol. The van der Waals surface area contributed by atoms with E-state index in [1.54, 1.807) is 0 Å². The standard InChI is InChI=1S/C47H44N8O5.C6H12O/c48-43-41-39(32-16-6-3-7-17-32)42(33-18-8-4-9-19-33)54(44(41)52-29-51-43)28-31-15-11-14-30(27-31)13-5-1-2-10-22-37(56)50-26-25-49-35-21-12-20-34-40(35)47(60)55(46(34)59)36-23-24-38(57)53-45(36)58;7-6-4-2-1-3-5-6/h3-4,6-9,11,14-19,21,27,29,36,49H,1-2,10,12,20,22-26,28H2,(H,50,56)(H2,48,51,52)(H,53,57,58);6-7H,1-5H2. The van der Waals surface area contributed by atoms with Gasteiger partial charge in [0.05, 0.1) is 22.8 Å².